The van der Waals surface area contributed by atoms with E-state index in [9.17, 15) is 9.59 Å². The van der Waals surface area contributed by atoms with Gasteiger partial charge < -0.3 is 25.2 Å². The Morgan fingerprint density at radius 3 is 2.65 bits per heavy atom. The molecule has 1 atom stereocenters. The summed E-state index contributed by atoms with van der Waals surface area (Å²) in [6.07, 6.45) is 1.46. The topological polar surface area (TPSA) is 96.9 Å². The zero-order valence-corrected chi connectivity index (χ0v) is 13.1. The first kappa shape index (κ1) is 17.2. The Kier molecular flexibility index (Phi) is 5.95. The van der Waals surface area contributed by atoms with Gasteiger partial charge in [0.2, 0.25) is 0 Å². The fourth-order valence-corrected chi connectivity index (χ4v) is 2.50. The minimum atomic E-state index is -0.969. The van der Waals surface area contributed by atoms with E-state index in [1.54, 1.807) is 19.2 Å². The van der Waals surface area contributed by atoms with Gasteiger partial charge in [-0.2, -0.15) is 0 Å². The summed E-state index contributed by atoms with van der Waals surface area (Å²) in [6, 6.07) is 6.13. The molecule has 1 aromatic carbocycles. The van der Waals surface area contributed by atoms with Gasteiger partial charge in [0.1, 0.15) is 0 Å². The van der Waals surface area contributed by atoms with Crippen molar-refractivity contribution in [1.29, 1.82) is 0 Å². The second-order valence-corrected chi connectivity index (χ2v) is 5.64. The Hall–Kier alpha value is -2.12. The SMILES string of the molecule is COCCC1(NC(=O)NCc2ccc(C(=O)O)cc2)CCOC1. The van der Waals surface area contributed by atoms with Crippen LogP contribution in [0.25, 0.3) is 0 Å². The highest BCUT2D eigenvalue weighted by Crippen LogP contribution is 2.22. The average molecular weight is 322 g/mol. The number of ether oxygens (including phenoxy) is 2. The van der Waals surface area contributed by atoms with Crippen LogP contribution in [0.3, 0.4) is 0 Å². The van der Waals surface area contributed by atoms with Gasteiger partial charge >= 0.3 is 12.0 Å². The number of methoxy groups -OCH3 is 1. The normalized spacial score (nSPS) is 20.2. The second-order valence-electron chi connectivity index (χ2n) is 5.64. The fraction of sp³-hybridized carbons (Fsp3) is 0.500. The summed E-state index contributed by atoms with van der Waals surface area (Å²) in [4.78, 5) is 22.9. The molecule has 0 aromatic heterocycles. The summed E-state index contributed by atoms with van der Waals surface area (Å²) in [6.45, 7) is 1.99. The maximum absolute atomic E-state index is 12.1. The molecule has 0 saturated carbocycles. The van der Waals surface area contributed by atoms with Crippen LogP contribution in [0.4, 0.5) is 4.79 Å². The number of aromatic carboxylic acids is 1. The number of carbonyl (C=O) groups excluding carboxylic acids is 1. The summed E-state index contributed by atoms with van der Waals surface area (Å²) in [5, 5.41) is 14.6. The molecule has 7 nitrogen and oxygen atoms in total. The van der Waals surface area contributed by atoms with Crippen LogP contribution in [-0.4, -0.2) is 49.6 Å². The third-order valence-corrected chi connectivity index (χ3v) is 3.92. The average Bonchev–Trinajstić information content (AvgIpc) is 3.00. The molecule has 1 aliphatic rings. The summed E-state index contributed by atoms with van der Waals surface area (Å²) in [5.74, 6) is -0.969. The number of benzene rings is 1. The first-order chi connectivity index (χ1) is 11.0. The van der Waals surface area contributed by atoms with Gasteiger partial charge in [0, 0.05) is 26.9 Å². The van der Waals surface area contributed by atoms with E-state index in [2.05, 4.69) is 10.6 Å². The summed E-state index contributed by atoms with van der Waals surface area (Å²) in [5.41, 5.74) is 0.673. The van der Waals surface area contributed by atoms with Crippen LogP contribution in [-0.2, 0) is 16.0 Å². The molecule has 0 bridgehead atoms. The summed E-state index contributed by atoms with van der Waals surface area (Å²) in [7, 11) is 1.63. The van der Waals surface area contributed by atoms with Gasteiger partial charge in [-0.15, -0.1) is 0 Å². The van der Waals surface area contributed by atoms with Crippen molar-refractivity contribution in [1.82, 2.24) is 10.6 Å². The molecule has 3 N–H and O–H groups in total. The first-order valence-electron chi connectivity index (χ1n) is 7.50. The maximum atomic E-state index is 12.1. The lowest BCUT2D eigenvalue weighted by molar-refractivity contribution is 0.0697. The van der Waals surface area contributed by atoms with Crippen molar-refractivity contribution >= 4 is 12.0 Å². The molecule has 126 valence electrons. The Bertz CT molecular complexity index is 538. The number of hydrogen-bond donors (Lipinski definition) is 3. The van der Waals surface area contributed by atoms with Crippen molar-refractivity contribution in [2.75, 3.05) is 26.9 Å². The van der Waals surface area contributed by atoms with Crippen LogP contribution in [0, 0.1) is 0 Å². The second kappa shape index (κ2) is 7.94. The smallest absolute Gasteiger partial charge is 0.335 e. The number of urea groups is 1. The van der Waals surface area contributed by atoms with Gasteiger partial charge in [0.25, 0.3) is 0 Å². The van der Waals surface area contributed by atoms with E-state index in [1.807, 2.05) is 0 Å². The third-order valence-electron chi connectivity index (χ3n) is 3.92. The molecule has 2 rings (SSSR count). The van der Waals surface area contributed by atoms with E-state index in [-0.39, 0.29) is 17.1 Å². The van der Waals surface area contributed by atoms with E-state index >= 15 is 0 Å². The number of carboxylic acid groups (broad SMARTS) is 1. The number of rotatable bonds is 7. The molecule has 0 radical (unpaired) electrons. The van der Waals surface area contributed by atoms with E-state index in [1.165, 1.54) is 12.1 Å². The molecule has 1 heterocycles. The van der Waals surface area contributed by atoms with Gasteiger partial charge in [-0.05, 0) is 30.5 Å². The van der Waals surface area contributed by atoms with Crippen molar-refractivity contribution < 1.29 is 24.2 Å². The molecule has 7 heteroatoms. The zero-order valence-electron chi connectivity index (χ0n) is 13.1. The fourth-order valence-electron chi connectivity index (χ4n) is 2.50. The van der Waals surface area contributed by atoms with Gasteiger partial charge in [-0.1, -0.05) is 12.1 Å². The summed E-state index contributed by atoms with van der Waals surface area (Å²) >= 11 is 0. The van der Waals surface area contributed by atoms with Crippen molar-refractivity contribution in [2.24, 2.45) is 0 Å². The lowest BCUT2D eigenvalue weighted by Crippen LogP contribution is -2.53. The minimum Gasteiger partial charge on any atom is -0.478 e. The largest absolute Gasteiger partial charge is 0.478 e. The van der Waals surface area contributed by atoms with Crippen molar-refractivity contribution in [3.63, 3.8) is 0 Å². The first-order valence-corrected chi connectivity index (χ1v) is 7.50. The molecule has 2 amide bonds. The number of hydrogen-bond acceptors (Lipinski definition) is 4. The lowest BCUT2D eigenvalue weighted by Gasteiger charge is -2.28. The van der Waals surface area contributed by atoms with Crippen LogP contribution in [0.5, 0.6) is 0 Å². The Morgan fingerprint density at radius 2 is 2.09 bits per heavy atom. The molecule has 1 aromatic rings. The Balaban J connectivity index is 1.85. The van der Waals surface area contributed by atoms with Gasteiger partial charge in [0.15, 0.2) is 0 Å². The van der Waals surface area contributed by atoms with Crippen LogP contribution in [0.15, 0.2) is 24.3 Å². The predicted octanol–water partition coefficient (Wildman–Crippen LogP) is 1.38. The molecule has 1 saturated heterocycles. The van der Waals surface area contributed by atoms with Crippen LogP contribution >= 0.6 is 0 Å². The lowest BCUT2D eigenvalue weighted by atomic mass is 9.95. The van der Waals surface area contributed by atoms with E-state index in [0.29, 0.717) is 32.8 Å². The van der Waals surface area contributed by atoms with E-state index < -0.39 is 5.97 Å². The maximum Gasteiger partial charge on any atom is 0.335 e. The van der Waals surface area contributed by atoms with Crippen molar-refractivity contribution in [3.8, 4) is 0 Å². The molecule has 1 fully saturated rings. The van der Waals surface area contributed by atoms with Gasteiger partial charge in [0.05, 0.1) is 17.7 Å². The number of carbonyl (C=O) groups is 2. The Morgan fingerprint density at radius 1 is 1.35 bits per heavy atom. The quantitative estimate of drug-likeness (QED) is 0.705. The highest BCUT2D eigenvalue weighted by atomic mass is 16.5. The molecule has 0 aliphatic carbocycles. The third kappa shape index (κ3) is 4.94. The predicted molar refractivity (Wildman–Crippen MR) is 83.4 cm³/mol. The molecule has 1 unspecified atom stereocenters. The van der Waals surface area contributed by atoms with Crippen LogP contribution in [0.1, 0.15) is 28.8 Å². The number of nitrogens with one attached hydrogen (secondary N) is 2. The monoisotopic (exact) mass is 322 g/mol. The molecular weight excluding hydrogens is 300 g/mol. The summed E-state index contributed by atoms with van der Waals surface area (Å²) < 4.78 is 10.5. The molecular formula is C16H22N2O5. The highest BCUT2D eigenvalue weighted by molar-refractivity contribution is 5.87. The van der Waals surface area contributed by atoms with E-state index in [4.69, 9.17) is 14.6 Å². The molecule has 0 spiro atoms. The standard InChI is InChI=1S/C16H22N2O5/c1-22-8-6-16(7-9-23-11-16)18-15(21)17-10-12-2-4-13(5-3-12)14(19)20/h2-5H,6-11H2,1H3,(H,19,20)(H2,17,18,21). The number of amides is 2. The van der Waals surface area contributed by atoms with Crippen LogP contribution in [0.2, 0.25) is 0 Å². The highest BCUT2D eigenvalue weighted by Gasteiger charge is 2.36. The van der Waals surface area contributed by atoms with Crippen molar-refractivity contribution in [2.45, 2.75) is 24.9 Å². The molecule has 23 heavy (non-hydrogen) atoms. The van der Waals surface area contributed by atoms with Gasteiger partial charge in [-0.25, -0.2) is 9.59 Å². The van der Waals surface area contributed by atoms with Crippen molar-refractivity contribution in [3.05, 3.63) is 35.4 Å². The minimum absolute atomic E-state index is 0.222. The number of carboxylic acids is 1. The van der Waals surface area contributed by atoms with Gasteiger partial charge in [-0.3, -0.25) is 0 Å². The molecule has 1 aliphatic heterocycles. The van der Waals surface area contributed by atoms with E-state index in [0.717, 1.165) is 12.0 Å². The van der Waals surface area contributed by atoms with Crippen LogP contribution < -0.4 is 10.6 Å². The zero-order chi connectivity index (χ0) is 16.7. The Labute approximate surface area is 135 Å².